The van der Waals surface area contributed by atoms with Crippen LogP contribution in [0.4, 0.5) is 4.39 Å². The van der Waals surface area contributed by atoms with Crippen LogP contribution in [0.3, 0.4) is 0 Å². The standard InChI is InChI=1S/C14H11FS/c15-13-6-8-14(9-7-13)16-11-10-12-4-2-1-3-5-12/h1-11H/b11-10+. The number of rotatable bonds is 3. The molecule has 0 aliphatic heterocycles. The highest BCUT2D eigenvalue weighted by atomic mass is 32.2. The molecule has 0 N–H and O–H groups in total. The molecule has 80 valence electrons. The van der Waals surface area contributed by atoms with Crippen LogP contribution in [-0.4, -0.2) is 0 Å². The first-order valence-electron chi connectivity index (χ1n) is 4.98. The van der Waals surface area contributed by atoms with Gasteiger partial charge in [-0.25, -0.2) is 4.39 Å². The zero-order valence-corrected chi connectivity index (χ0v) is 9.45. The Kier molecular flexibility index (Phi) is 3.78. The maximum atomic E-state index is 12.6. The molecule has 2 rings (SSSR count). The minimum atomic E-state index is -0.198. The molecule has 0 heterocycles. The Bertz CT molecular complexity index is 460. The van der Waals surface area contributed by atoms with Crippen molar-refractivity contribution in [3.05, 3.63) is 71.4 Å². The van der Waals surface area contributed by atoms with Gasteiger partial charge >= 0.3 is 0 Å². The SMILES string of the molecule is Fc1ccc(S/C=C/c2ccccc2)cc1. The minimum Gasteiger partial charge on any atom is -0.207 e. The molecular weight excluding hydrogens is 219 g/mol. The van der Waals surface area contributed by atoms with Crippen LogP contribution < -0.4 is 0 Å². The summed E-state index contributed by atoms with van der Waals surface area (Å²) in [4.78, 5) is 1.04. The predicted molar refractivity (Wildman–Crippen MR) is 67.7 cm³/mol. The van der Waals surface area contributed by atoms with Gasteiger partial charge in [0.1, 0.15) is 5.82 Å². The molecular formula is C14H11FS. The summed E-state index contributed by atoms with van der Waals surface area (Å²) < 4.78 is 12.6. The fraction of sp³-hybridized carbons (Fsp3) is 0. The molecule has 2 aromatic rings. The maximum Gasteiger partial charge on any atom is 0.123 e. The van der Waals surface area contributed by atoms with E-state index in [1.807, 2.05) is 41.8 Å². The van der Waals surface area contributed by atoms with Crippen LogP contribution in [-0.2, 0) is 0 Å². The van der Waals surface area contributed by atoms with Gasteiger partial charge in [-0.2, -0.15) is 0 Å². The van der Waals surface area contributed by atoms with Crippen molar-refractivity contribution in [2.45, 2.75) is 4.90 Å². The fourth-order valence-corrected chi connectivity index (χ4v) is 1.94. The minimum absolute atomic E-state index is 0.198. The summed E-state index contributed by atoms with van der Waals surface area (Å²) in [6, 6.07) is 16.6. The molecule has 16 heavy (non-hydrogen) atoms. The van der Waals surface area contributed by atoms with E-state index in [0.717, 1.165) is 10.5 Å². The fourth-order valence-electron chi connectivity index (χ4n) is 1.27. The molecule has 0 spiro atoms. The first kappa shape index (κ1) is 11.0. The van der Waals surface area contributed by atoms with Gasteiger partial charge in [-0.05, 0) is 41.3 Å². The Balaban J connectivity index is 1.97. The maximum absolute atomic E-state index is 12.6. The van der Waals surface area contributed by atoms with Crippen LogP contribution in [0, 0.1) is 5.82 Å². The van der Waals surface area contributed by atoms with Crippen LogP contribution >= 0.6 is 11.8 Å². The molecule has 2 heteroatoms. The largest absolute Gasteiger partial charge is 0.207 e. The molecule has 0 bridgehead atoms. The van der Waals surface area contributed by atoms with Gasteiger partial charge in [0.15, 0.2) is 0 Å². The Hall–Kier alpha value is -1.54. The van der Waals surface area contributed by atoms with E-state index in [4.69, 9.17) is 0 Å². The summed E-state index contributed by atoms with van der Waals surface area (Å²) in [5.41, 5.74) is 1.16. The highest BCUT2D eigenvalue weighted by molar-refractivity contribution is 8.02. The van der Waals surface area contributed by atoms with Crippen LogP contribution in [0.15, 0.2) is 64.9 Å². The molecule has 2 aromatic carbocycles. The Morgan fingerprint density at radius 3 is 2.25 bits per heavy atom. The van der Waals surface area contributed by atoms with Gasteiger partial charge < -0.3 is 0 Å². The van der Waals surface area contributed by atoms with Crippen molar-refractivity contribution in [1.29, 1.82) is 0 Å². The average molecular weight is 230 g/mol. The van der Waals surface area contributed by atoms with Crippen LogP contribution in [0.2, 0.25) is 0 Å². The second-order valence-corrected chi connectivity index (χ2v) is 4.26. The molecule has 0 radical (unpaired) electrons. The van der Waals surface area contributed by atoms with Gasteiger partial charge in [0.05, 0.1) is 0 Å². The lowest BCUT2D eigenvalue weighted by Crippen LogP contribution is -1.72. The lowest BCUT2D eigenvalue weighted by atomic mass is 10.2. The third-order valence-electron chi connectivity index (χ3n) is 2.08. The van der Waals surface area contributed by atoms with Gasteiger partial charge in [-0.1, -0.05) is 42.1 Å². The summed E-state index contributed by atoms with van der Waals surface area (Å²) >= 11 is 1.58. The van der Waals surface area contributed by atoms with Crippen molar-refractivity contribution in [1.82, 2.24) is 0 Å². The zero-order chi connectivity index (χ0) is 11.2. The second-order valence-electron chi connectivity index (χ2n) is 3.29. The smallest absolute Gasteiger partial charge is 0.123 e. The molecule has 0 fully saturated rings. The van der Waals surface area contributed by atoms with E-state index in [0.29, 0.717) is 0 Å². The quantitative estimate of drug-likeness (QED) is 0.695. The highest BCUT2D eigenvalue weighted by Crippen LogP contribution is 2.20. The number of thioether (sulfide) groups is 1. The van der Waals surface area contributed by atoms with E-state index >= 15 is 0 Å². The topological polar surface area (TPSA) is 0 Å². The average Bonchev–Trinajstić information content (AvgIpc) is 2.33. The monoisotopic (exact) mass is 230 g/mol. The van der Waals surface area contributed by atoms with E-state index < -0.39 is 0 Å². The molecule has 0 saturated heterocycles. The lowest BCUT2D eigenvalue weighted by Gasteiger charge is -1.95. The Morgan fingerprint density at radius 1 is 0.875 bits per heavy atom. The Morgan fingerprint density at radius 2 is 1.56 bits per heavy atom. The third kappa shape index (κ3) is 3.24. The van der Waals surface area contributed by atoms with Gasteiger partial charge in [0, 0.05) is 4.90 Å². The van der Waals surface area contributed by atoms with Crippen molar-refractivity contribution in [3.8, 4) is 0 Å². The highest BCUT2D eigenvalue weighted by Gasteiger charge is 1.91. The van der Waals surface area contributed by atoms with E-state index in [1.54, 1.807) is 23.9 Å². The van der Waals surface area contributed by atoms with Crippen LogP contribution in [0.5, 0.6) is 0 Å². The van der Waals surface area contributed by atoms with Crippen molar-refractivity contribution in [3.63, 3.8) is 0 Å². The predicted octanol–water partition coefficient (Wildman–Crippen LogP) is 4.59. The molecule has 0 atom stereocenters. The molecule has 0 amide bonds. The molecule has 0 nitrogen and oxygen atoms in total. The zero-order valence-electron chi connectivity index (χ0n) is 8.64. The van der Waals surface area contributed by atoms with Gasteiger partial charge in [0.25, 0.3) is 0 Å². The van der Waals surface area contributed by atoms with E-state index in [2.05, 4.69) is 0 Å². The van der Waals surface area contributed by atoms with Crippen LogP contribution in [0.1, 0.15) is 5.56 Å². The second kappa shape index (κ2) is 5.52. The number of hydrogen-bond donors (Lipinski definition) is 0. The first-order valence-corrected chi connectivity index (χ1v) is 5.86. The molecule has 0 aliphatic rings. The van der Waals surface area contributed by atoms with Gasteiger partial charge in [-0.15, -0.1) is 0 Å². The number of hydrogen-bond acceptors (Lipinski definition) is 1. The number of benzene rings is 2. The summed E-state index contributed by atoms with van der Waals surface area (Å²) in [5.74, 6) is -0.198. The summed E-state index contributed by atoms with van der Waals surface area (Å²) in [6.07, 6.45) is 2.04. The van der Waals surface area contributed by atoms with E-state index in [9.17, 15) is 4.39 Å². The molecule has 0 aliphatic carbocycles. The van der Waals surface area contributed by atoms with Gasteiger partial charge in [-0.3, -0.25) is 0 Å². The Labute approximate surface area is 98.8 Å². The lowest BCUT2D eigenvalue weighted by molar-refractivity contribution is 0.626. The van der Waals surface area contributed by atoms with Crippen molar-refractivity contribution in [2.75, 3.05) is 0 Å². The van der Waals surface area contributed by atoms with Crippen molar-refractivity contribution < 1.29 is 4.39 Å². The number of halogens is 1. The third-order valence-corrected chi connectivity index (χ3v) is 2.89. The molecule has 0 saturated carbocycles. The normalized spacial score (nSPS) is 10.8. The summed E-state index contributed by atoms with van der Waals surface area (Å²) in [7, 11) is 0. The molecule has 0 aromatic heterocycles. The van der Waals surface area contributed by atoms with Crippen LogP contribution in [0.25, 0.3) is 6.08 Å². The molecule has 0 unspecified atom stereocenters. The first-order chi connectivity index (χ1) is 7.84. The van der Waals surface area contributed by atoms with E-state index in [1.165, 1.54) is 12.1 Å². The summed E-state index contributed by atoms with van der Waals surface area (Å²) in [5, 5.41) is 2.00. The summed E-state index contributed by atoms with van der Waals surface area (Å²) in [6.45, 7) is 0. The van der Waals surface area contributed by atoms with Crippen molar-refractivity contribution >= 4 is 17.8 Å². The van der Waals surface area contributed by atoms with E-state index in [-0.39, 0.29) is 5.82 Å². The van der Waals surface area contributed by atoms with Crippen molar-refractivity contribution in [2.24, 2.45) is 0 Å². The van der Waals surface area contributed by atoms with Gasteiger partial charge in [0.2, 0.25) is 0 Å².